The van der Waals surface area contributed by atoms with Crippen LogP contribution in [0.4, 0.5) is 10.1 Å². The molecule has 0 atom stereocenters. The fourth-order valence-electron chi connectivity index (χ4n) is 2.88. The molecule has 0 aliphatic carbocycles. The summed E-state index contributed by atoms with van der Waals surface area (Å²) in [6, 6.07) is 15.4. The van der Waals surface area contributed by atoms with E-state index in [2.05, 4.69) is 4.99 Å². The van der Waals surface area contributed by atoms with E-state index in [1.165, 1.54) is 19.2 Å². The fraction of sp³-hybridized carbons (Fsp3) is 0.143. The Balaban J connectivity index is 1.92. The predicted molar refractivity (Wildman–Crippen MR) is 100 cm³/mol. The maximum absolute atomic E-state index is 13.2. The van der Waals surface area contributed by atoms with Gasteiger partial charge in [-0.15, -0.1) is 0 Å². The van der Waals surface area contributed by atoms with E-state index in [-0.39, 0.29) is 5.82 Å². The first-order valence-corrected chi connectivity index (χ1v) is 8.17. The number of hydrogen-bond donors (Lipinski definition) is 0. The average Bonchev–Trinajstić information content (AvgIpc) is 2.94. The van der Waals surface area contributed by atoms with Crippen LogP contribution in [-0.4, -0.2) is 23.9 Å². The van der Waals surface area contributed by atoms with Gasteiger partial charge in [0.2, 0.25) is 0 Å². The summed E-state index contributed by atoms with van der Waals surface area (Å²) in [5.41, 5.74) is 5.00. The molecule has 5 heteroatoms. The lowest BCUT2D eigenvalue weighted by Crippen LogP contribution is -2.00. The van der Waals surface area contributed by atoms with Crippen molar-refractivity contribution in [2.45, 2.75) is 13.8 Å². The van der Waals surface area contributed by atoms with E-state index in [4.69, 9.17) is 4.74 Å². The number of hydrogen-bond acceptors (Lipinski definition) is 3. The normalized spacial score (nSPS) is 11.1. The fourth-order valence-corrected chi connectivity index (χ4v) is 2.88. The van der Waals surface area contributed by atoms with E-state index in [1.807, 2.05) is 30.5 Å². The number of nitrogens with zero attached hydrogens (tertiary/aromatic N) is 2. The molecule has 132 valence electrons. The van der Waals surface area contributed by atoms with Crippen molar-refractivity contribution < 1.29 is 13.9 Å². The molecule has 0 radical (unpaired) electrons. The first-order chi connectivity index (χ1) is 12.5. The van der Waals surface area contributed by atoms with Gasteiger partial charge in [-0.1, -0.05) is 6.07 Å². The lowest BCUT2D eigenvalue weighted by atomic mass is 10.2. The van der Waals surface area contributed by atoms with E-state index in [0.717, 1.165) is 22.6 Å². The second-order valence-electron chi connectivity index (χ2n) is 5.94. The van der Waals surface area contributed by atoms with Crippen molar-refractivity contribution >= 4 is 17.9 Å². The highest BCUT2D eigenvalue weighted by molar-refractivity contribution is 5.91. The molecule has 3 rings (SSSR count). The summed E-state index contributed by atoms with van der Waals surface area (Å²) in [5.74, 6) is -0.653. The minimum Gasteiger partial charge on any atom is -0.465 e. The van der Waals surface area contributed by atoms with Gasteiger partial charge in [0.25, 0.3) is 0 Å². The molecule has 3 aromatic rings. The van der Waals surface area contributed by atoms with Crippen molar-refractivity contribution in [1.29, 1.82) is 0 Å². The largest absolute Gasteiger partial charge is 0.465 e. The second kappa shape index (κ2) is 7.35. The van der Waals surface area contributed by atoms with E-state index in [9.17, 15) is 9.18 Å². The Labute approximate surface area is 151 Å². The molecule has 0 saturated carbocycles. The third-order valence-corrected chi connectivity index (χ3v) is 4.18. The molecule has 1 heterocycles. The van der Waals surface area contributed by atoms with Crippen LogP contribution in [0.1, 0.15) is 27.3 Å². The zero-order chi connectivity index (χ0) is 18.7. The lowest BCUT2D eigenvalue weighted by molar-refractivity contribution is 0.0601. The molecular weight excluding hydrogens is 331 g/mol. The zero-order valence-electron chi connectivity index (χ0n) is 14.9. The zero-order valence-corrected chi connectivity index (χ0v) is 14.9. The second-order valence-corrected chi connectivity index (χ2v) is 5.94. The smallest absolute Gasteiger partial charge is 0.337 e. The number of benzene rings is 2. The van der Waals surface area contributed by atoms with Crippen molar-refractivity contribution in [3.63, 3.8) is 0 Å². The summed E-state index contributed by atoms with van der Waals surface area (Å²) in [5, 5.41) is 0. The van der Waals surface area contributed by atoms with Gasteiger partial charge in [0.15, 0.2) is 0 Å². The minimum atomic E-state index is -0.392. The van der Waals surface area contributed by atoms with Crippen molar-refractivity contribution in [2.75, 3.05) is 7.11 Å². The maximum atomic E-state index is 13.2. The van der Waals surface area contributed by atoms with E-state index < -0.39 is 5.97 Å². The van der Waals surface area contributed by atoms with Gasteiger partial charge < -0.3 is 9.30 Å². The summed E-state index contributed by atoms with van der Waals surface area (Å²) < 4.78 is 19.9. The summed E-state index contributed by atoms with van der Waals surface area (Å²) in [7, 11) is 1.35. The number of rotatable bonds is 4. The van der Waals surface area contributed by atoms with Crippen LogP contribution in [0, 0.1) is 19.7 Å². The Morgan fingerprint density at radius 1 is 1.12 bits per heavy atom. The quantitative estimate of drug-likeness (QED) is 0.502. The lowest BCUT2D eigenvalue weighted by Gasteiger charge is -2.09. The highest BCUT2D eigenvalue weighted by Gasteiger charge is 2.10. The maximum Gasteiger partial charge on any atom is 0.337 e. The molecule has 0 fully saturated rings. The molecular formula is C21H19FN2O2. The number of carbonyl (C=O) groups excluding carboxylic acids is 1. The minimum absolute atomic E-state index is 0.261. The first kappa shape index (κ1) is 17.6. The summed E-state index contributed by atoms with van der Waals surface area (Å²) in [6.45, 7) is 3.98. The van der Waals surface area contributed by atoms with Gasteiger partial charge in [0.1, 0.15) is 5.82 Å². The van der Waals surface area contributed by atoms with Gasteiger partial charge in [-0.2, -0.15) is 0 Å². The molecule has 0 aliphatic heterocycles. The van der Waals surface area contributed by atoms with E-state index >= 15 is 0 Å². The highest BCUT2D eigenvalue weighted by Crippen LogP contribution is 2.21. The van der Waals surface area contributed by atoms with E-state index in [0.29, 0.717) is 11.3 Å². The van der Waals surface area contributed by atoms with Crippen molar-refractivity contribution in [3.05, 3.63) is 82.9 Å². The Morgan fingerprint density at radius 2 is 1.85 bits per heavy atom. The number of carbonyl (C=O) groups is 1. The van der Waals surface area contributed by atoms with Gasteiger partial charge in [-0.25, -0.2) is 9.18 Å². The average molecular weight is 350 g/mol. The summed E-state index contributed by atoms with van der Waals surface area (Å²) in [6.07, 6.45) is 1.76. The number of esters is 1. The third kappa shape index (κ3) is 3.57. The molecule has 0 aliphatic rings. The van der Waals surface area contributed by atoms with Gasteiger partial charge in [0, 0.05) is 28.9 Å². The van der Waals surface area contributed by atoms with Gasteiger partial charge in [-0.05, 0) is 62.4 Å². The Kier molecular flexibility index (Phi) is 4.98. The Bertz CT molecular complexity index is 972. The van der Waals surface area contributed by atoms with Crippen LogP contribution in [0.25, 0.3) is 5.69 Å². The number of ether oxygens (including phenoxy) is 1. The molecule has 0 saturated heterocycles. The molecule has 26 heavy (non-hydrogen) atoms. The highest BCUT2D eigenvalue weighted by atomic mass is 19.1. The number of methoxy groups -OCH3 is 1. The topological polar surface area (TPSA) is 43.6 Å². The van der Waals surface area contributed by atoms with Gasteiger partial charge >= 0.3 is 5.97 Å². The van der Waals surface area contributed by atoms with Crippen molar-refractivity contribution in [2.24, 2.45) is 4.99 Å². The number of aliphatic imine (C=N–C) groups is 1. The van der Waals surface area contributed by atoms with Crippen LogP contribution >= 0.6 is 0 Å². The van der Waals surface area contributed by atoms with Gasteiger partial charge in [-0.3, -0.25) is 4.99 Å². The van der Waals surface area contributed by atoms with Crippen LogP contribution < -0.4 is 0 Å². The Hall–Kier alpha value is -3.21. The number of aromatic nitrogens is 1. The molecule has 0 bridgehead atoms. The molecule has 1 aromatic heterocycles. The van der Waals surface area contributed by atoms with Crippen LogP contribution in [-0.2, 0) is 4.74 Å². The molecule has 2 aromatic carbocycles. The molecule has 4 nitrogen and oxygen atoms in total. The predicted octanol–water partition coefficient (Wildman–Crippen LogP) is 4.77. The monoisotopic (exact) mass is 350 g/mol. The molecule has 0 spiro atoms. The van der Waals surface area contributed by atoms with Crippen molar-refractivity contribution in [3.8, 4) is 5.69 Å². The van der Waals surface area contributed by atoms with Crippen molar-refractivity contribution in [1.82, 2.24) is 4.57 Å². The van der Waals surface area contributed by atoms with Crippen LogP contribution in [0.3, 0.4) is 0 Å². The summed E-state index contributed by atoms with van der Waals surface area (Å²) in [4.78, 5) is 16.1. The SMILES string of the molecule is COC(=O)c1cccc(N=Cc2cc(C)n(-c3ccc(F)cc3)c2C)c1. The molecule has 0 amide bonds. The standard InChI is InChI=1S/C21H19FN2O2/c1-14-11-17(15(2)24(14)20-9-7-18(22)8-10-20)13-23-19-6-4-5-16(12-19)21(25)26-3/h4-13H,1-3H3. The number of aryl methyl sites for hydroxylation is 1. The first-order valence-electron chi connectivity index (χ1n) is 8.17. The molecule has 0 unspecified atom stereocenters. The number of halogens is 1. The van der Waals surface area contributed by atoms with Crippen LogP contribution in [0.5, 0.6) is 0 Å². The van der Waals surface area contributed by atoms with E-state index in [1.54, 1.807) is 36.5 Å². The molecule has 0 N–H and O–H groups in total. The van der Waals surface area contributed by atoms with Crippen LogP contribution in [0.15, 0.2) is 59.6 Å². The summed E-state index contributed by atoms with van der Waals surface area (Å²) >= 11 is 0. The van der Waals surface area contributed by atoms with Crippen LogP contribution in [0.2, 0.25) is 0 Å². The Morgan fingerprint density at radius 3 is 2.54 bits per heavy atom. The van der Waals surface area contributed by atoms with Gasteiger partial charge in [0.05, 0.1) is 18.4 Å². The third-order valence-electron chi connectivity index (χ3n) is 4.18.